The van der Waals surface area contributed by atoms with E-state index < -0.39 is 10.0 Å². The fourth-order valence-corrected chi connectivity index (χ4v) is 3.17. The number of sulfonamides is 1. The van der Waals surface area contributed by atoms with Crippen LogP contribution >= 0.6 is 0 Å². The van der Waals surface area contributed by atoms with Crippen molar-refractivity contribution in [2.75, 3.05) is 25.0 Å². The van der Waals surface area contributed by atoms with Crippen LogP contribution in [0.5, 0.6) is 0 Å². The molecular weight excluding hydrogens is 303 g/mol. The van der Waals surface area contributed by atoms with Crippen LogP contribution < -0.4 is 9.62 Å². The van der Waals surface area contributed by atoms with E-state index in [4.69, 9.17) is 0 Å². The summed E-state index contributed by atoms with van der Waals surface area (Å²) in [6.07, 6.45) is 0. The molecular formula is C16H19FN2O2S. The molecule has 0 spiro atoms. The van der Waals surface area contributed by atoms with Crippen LogP contribution in [0, 0.1) is 5.82 Å². The van der Waals surface area contributed by atoms with Gasteiger partial charge in [0.25, 0.3) is 0 Å². The minimum absolute atomic E-state index is 0.150. The molecule has 118 valence electrons. The van der Waals surface area contributed by atoms with Crippen LogP contribution in [0.4, 0.5) is 10.1 Å². The van der Waals surface area contributed by atoms with Gasteiger partial charge in [-0.05, 0) is 29.8 Å². The zero-order valence-electron chi connectivity index (χ0n) is 12.4. The maximum atomic E-state index is 12.8. The molecule has 0 saturated carbocycles. The molecule has 1 N–H and O–H groups in total. The van der Waals surface area contributed by atoms with Crippen molar-refractivity contribution >= 4 is 15.7 Å². The van der Waals surface area contributed by atoms with E-state index in [9.17, 15) is 12.8 Å². The third kappa shape index (κ3) is 5.13. The van der Waals surface area contributed by atoms with Gasteiger partial charge in [-0.15, -0.1) is 0 Å². The Labute approximate surface area is 130 Å². The average Bonchev–Trinajstić information content (AvgIpc) is 2.50. The van der Waals surface area contributed by atoms with Crippen LogP contribution in [0.3, 0.4) is 0 Å². The highest BCUT2D eigenvalue weighted by atomic mass is 32.2. The van der Waals surface area contributed by atoms with Gasteiger partial charge in [0, 0.05) is 25.8 Å². The number of benzene rings is 2. The zero-order valence-corrected chi connectivity index (χ0v) is 13.2. The fraction of sp³-hybridized carbons (Fsp3) is 0.250. The van der Waals surface area contributed by atoms with E-state index in [-0.39, 0.29) is 11.6 Å². The van der Waals surface area contributed by atoms with Gasteiger partial charge in [0.15, 0.2) is 0 Å². The molecule has 0 aliphatic heterocycles. The molecule has 0 saturated heterocycles. The minimum Gasteiger partial charge on any atom is -0.373 e. The number of rotatable bonds is 7. The lowest BCUT2D eigenvalue weighted by Gasteiger charge is -2.19. The molecule has 0 atom stereocenters. The van der Waals surface area contributed by atoms with Crippen molar-refractivity contribution in [3.05, 3.63) is 66.0 Å². The smallest absolute Gasteiger partial charge is 0.215 e. The quantitative estimate of drug-likeness (QED) is 0.851. The topological polar surface area (TPSA) is 49.4 Å². The highest BCUT2D eigenvalue weighted by molar-refractivity contribution is 7.88. The summed E-state index contributed by atoms with van der Waals surface area (Å²) in [6.45, 7) is 0.877. The number of likely N-dealkylation sites (N-methyl/N-ethyl adjacent to an activating group) is 1. The third-order valence-electron chi connectivity index (χ3n) is 3.24. The van der Waals surface area contributed by atoms with Gasteiger partial charge < -0.3 is 4.90 Å². The number of hydrogen-bond donors (Lipinski definition) is 1. The number of hydrogen-bond acceptors (Lipinski definition) is 3. The van der Waals surface area contributed by atoms with E-state index in [0.717, 1.165) is 5.69 Å². The van der Waals surface area contributed by atoms with Gasteiger partial charge in [-0.1, -0.05) is 30.3 Å². The summed E-state index contributed by atoms with van der Waals surface area (Å²) in [6, 6.07) is 15.2. The van der Waals surface area contributed by atoms with Crippen molar-refractivity contribution in [1.82, 2.24) is 4.72 Å². The number of nitrogens with one attached hydrogen (secondary N) is 1. The molecule has 0 radical (unpaired) electrons. The molecule has 2 aromatic carbocycles. The van der Waals surface area contributed by atoms with Crippen molar-refractivity contribution < 1.29 is 12.8 Å². The highest BCUT2D eigenvalue weighted by Gasteiger charge is 2.11. The first kappa shape index (κ1) is 16.5. The van der Waals surface area contributed by atoms with Crippen LogP contribution in [0.1, 0.15) is 5.56 Å². The Balaban J connectivity index is 1.84. The van der Waals surface area contributed by atoms with Crippen LogP contribution in [-0.4, -0.2) is 28.6 Å². The fourth-order valence-electron chi connectivity index (χ4n) is 2.03. The molecule has 0 aromatic heterocycles. The van der Waals surface area contributed by atoms with Crippen molar-refractivity contribution in [1.29, 1.82) is 0 Å². The van der Waals surface area contributed by atoms with E-state index in [1.165, 1.54) is 24.3 Å². The molecule has 0 amide bonds. The Morgan fingerprint density at radius 3 is 2.32 bits per heavy atom. The summed E-state index contributed by atoms with van der Waals surface area (Å²) in [5.41, 5.74) is 1.59. The van der Waals surface area contributed by atoms with Gasteiger partial charge in [0.05, 0.1) is 5.75 Å². The monoisotopic (exact) mass is 322 g/mol. The van der Waals surface area contributed by atoms with Crippen molar-refractivity contribution in [2.24, 2.45) is 0 Å². The van der Waals surface area contributed by atoms with E-state index in [1.807, 2.05) is 42.3 Å². The predicted octanol–water partition coefficient (Wildman–Crippen LogP) is 2.38. The van der Waals surface area contributed by atoms with E-state index in [0.29, 0.717) is 18.7 Å². The number of para-hydroxylation sites is 1. The number of anilines is 1. The van der Waals surface area contributed by atoms with Crippen LogP contribution in [0.25, 0.3) is 0 Å². The van der Waals surface area contributed by atoms with Crippen LogP contribution in [0.15, 0.2) is 54.6 Å². The Kier molecular flexibility index (Phi) is 5.51. The summed E-state index contributed by atoms with van der Waals surface area (Å²) in [5, 5.41) is 0. The summed E-state index contributed by atoms with van der Waals surface area (Å²) in [7, 11) is -1.52. The zero-order chi connectivity index (χ0) is 16.0. The Morgan fingerprint density at radius 2 is 1.68 bits per heavy atom. The predicted molar refractivity (Wildman–Crippen MR) is 86.7 cm³/mol. The van der Waals surface area contributed by atoms with E-state index in [2.05, 4.69) is 4.72 Å². The lowest BCUT2D eigenvalue weighted by atomic mass is 10.2. The van der Waals surface area contributed by atoms with Crippen molar-refractivity contribution in [3.63, 3.8) is 0 Å². The van der Waals surface area contributed by atoms with E-state index in [1.54, 1.807) is 0 Å². The maximum absolute atomic E-state index is 12.8. The summed E-state index contributed by atoms with van der Waals surface area (Å²) < 4.78 is 39.3. The van der Waals surface area contributed by atoms with Crippen molar-refractivity contribution in [2.45, 2.75) is 5.75 Å². The van der Waals surface area contributed by atoms with Gasteiger partial charge in [0.2, 0.25) is 10.0 Å². The van der Waals surface area contributed by atoms with Gasteiger partial charge >= 0.3 is 0 Å². The third-order valence-corrected chi connectivity index (χ3v) is 4.59. The number of halogens is 1. The molecule has 0 aliphatic rings. The maximum Gasteiger partial charge on any atom is 0.215 e. The van der Waals surface area contributed by atoms with Crippen molar-refractivity contribution in [3.8, 4) is 0 Å². The molecule has 4 nitrogen and oxygen atoms in total. The molecule has 0 fully saturated rings. The minimum atomic E-state index is -3.42. The van der Waals surface area contributed by atoms with Gasteiger partial charge in [-0.3, -0.25) is 0 Å². The molecule has 2 rings (SSSR count). The lowest BCUT2D eigenvalue weighted by Crippen LogP contribution is -2.33. The molecule has 0 unspecified atom stereocenters. The SMILES string of the molecule is CN(CCNS(=O)(=O)Cc1ccc(F)cc1)c1ccccc1. The molecule has 0 heterocycles. The first-order valence-corrected chi connectivity index (χ1v) is 8.59. The number of nitrogens with zero attached hydrogens (tertiary/aromatic N) is 1. The highest BCUT2D eigenvalue weighted by Crippen LogP contribution is 2.10. The molecule has 2 aromatic rings. The van der Waals surface area contributed by atoms with E-state index >= 15 is 0 Å². The van der Waals surface area contributed by atoms with Crippen LogP contribution in [0.2, 0.25) is 0 Å². The normalized spacial score (nSPS) is 11.4. The molecule has 0 bridgehead atoms. The second-order valence-corrected chi connectivity index (χ2v) is 6.84. The summed E-state index contributed by atoms with van der Waals surface area (Å²) >= 11 is 0. The van der Waals surface area contributed by atoms with Crippen LogP contribution in [-0.2, 0) is 15.8 Å². The first-order valence-electron chi connectivity index (χ1n) is 6.94. The Hall–Kier alpha value is -1.92. The molecule has 6 heteroatoms. The van der Waals surface area contributed by atoms with Gasteiger partial charge in [-0.25, -0.2) is 17.5 Å². The largest absolute Gasteiger partial charge is 0.373 e. The van der Waals surface area contributed by atoms with Gasteiger partial charge in [-0.2, -0.15) is 0 Å². The van der Waals surface area contributed by atoms with Gasteiger partial charge in [0.1, 0.15) is 5.82 Å². The first-order chi connectivity index (χ1) is 10.5. The molecule has 0 aliphatic carbocycles. The standard InChI is InChI=1S/C16H19FN2O2S/c1-19(16-5-3-2-4-6-16)12-11-18-22(20,21)13-14-7-9-15(17)10-8-14/h2-10,18H,11-13H2,1H3. The Morgan fingerprint density at radius 1 is 1.05 bits per heavy atom. The Bertz CT molecular complexity index is 688. The average molecular weight is 322 g/mol. The lowest BCUT2D eigenvalue weighted by molar-refractivity contribution is 0.580. The second kappa shape index (κ2) is 7.38. The molecule has 22 heavy (non-hydrogen) atoms. The second-order valence-electron chi connectivity index (χ2n) is 5.04. The summed E-state index contributed by atoms with van der Waals surface area (Å²) in [4.78, 5) is 1.97. The summed E-state index contributed by atoms with van der Waals surface area (Å²) in [5.74, 6) is -0.527.